The highest BCUT2D eigenvalue weighted by Gasteiger charge is 2.62. The number of rotatable bonds is 14. The summed E-state index contributed by atoms with van der Waals surface area (Å²) in [4.78, 5) is 65.6. The van der Waals surface area contributed by atoms with Gasteiger partial charge in [-0.05, 0) is 61.0 Å². The van der Waals surface area contributed by atoms with Crippen molar-refractivity contribution in [2.24, 2.45) is 16.5 Å². The first kappa shape index (κ1) is 40.3. The summed E-state index contributed by atoms with van der Waals surface area (Å²) < 4.78 is 17.8. The van der Waals surface area contributed by atoms with Crippen molar-refractivity contribution in [2.75, 3.05) is 25.6 Å². The van der Waals surface area contributed by atoms with Crippen molar-refractivity contribution in [1.82, 2.24) is 20.2 Å². The van der Waals surface area contributed by atoms with E-state index in [1.54, 1.807) is 44.4 Å². The Bertz CT molecular complexity index is 2160. The molecule has 2 aromatic carbocycles. The summed E-state index contributed by atoms with van der Waals surface area (Å²) >= 11 is 1.50. The smallest absolute Gasteiger partial charge is 0.332 e. The molecule has 0 spiro atoms. The molecule has 13 nitrogen and oxygen atoms in total. The zero-order chi connectivity index (χ0) is 40.5. The highest BCUT2D eigenvalue weighted by molar-refractivity contribution is 7.13. The van der Waals surface area contributed by atoms with Gasteiger partial charge in [-0.25, -0.2) is 14.8 Å². The number of pyridine rings is 1. The number of esters is 1. The number of carbonyl (C=O) groups is 3. The van der Waals surface area contributed by atoms with Gasteiger partial charge in [-0.1, -0.05) is 52.8 Å². The summed E-state index contributed by atoms with van der Waals surface area (Å²) in [5.41, 5.74) is 1.68. The maximum Gasteiger partial charge on any atom is 0.332 e. The molecule has 296 valence electrons. The predicted molar refractivity (Wildman–Crippen MR) is 217 cm³/mol. The molecule has 0 radical (unpaired) electrons. The first-order chi connectivity index (χ1) is 26.6. The molecule has 2 amide bonds. The zero-order valence-electron chi connectivity index (χ0n) is 33.2. The number of amides is 2. The number of para-hydroxylation sites is 1. The molecular formula is C42H50N6O7S. The van der Waals surface area contributed by atoms with Crippen molar-refractivity contribution in [2.45, 2.75) is 91.0 Å². The number of nitrogens with one attached hydrogen (secondary N) is 2. The lowest BCUT2D eigenvalue weighted by molar-refractivity contribution is -0.150. The molecule has 2 N–H and O–H groups in total. The molecular weight excluding hydrogens is 733 g/mol. The lowest BCUT2D eigenvalue weighted by Crippen LogP contribution is -2.57. The number of benzene rings is 2. The Morgan fingerprint density at radius 1 is 1.14 bits per heavy atom. The van der Waals surface area contributed by atoms with Crippen LogP contribution in [0.15, 0.2) is 65.7 Å². The summed E-state index contributed by atoms with van der Waals surface area (Å²) in [5.74, 6) is -0.321. The van der Waals surface area contributed by atoms with Crippen LogP contribution in [0.4, 0.5) is 11.4 Å². The number of fused-ring (bicyclic) bond motifs is 1. The number of nitrogens with zero attached hydrogens (tertiary/aromatic N) is 4. The Labute approximate surface area is 331 Å². The summed E-state index contributed by atoms with van der Waals surface area (Å²) in [5, 5.41) is 12.9. The molecule has 1 saturated carbocycles. The standard InChI is InChI=1S/C42H50N6O7S/c1-10-25-20-42(25,40(51)54-11-2)46-37(49)32-18-26(21-48(32)39(50)36(41(6,7)8)44-28-14-12-13-15-29(28)47-52)55-34-19-30(38-45-31(22-56-38)23(3)4)43-35-24(5)33(53-9)17-16-27(34)35/h10,12-17,19,22-23,25-26,32,36,44H,1,11,18,20-21H2,2-9H3,(H,46,49)/t25-,26-,32+,36-,42-/m1/s1. The van der Waals surface area contributed by atoms with E-state index in [0.717, 1.165) is 21.7 Å². The minimum atomic E-state index is -1.27. The Morgan fingerprint density at radius 2 is 1.89 bits per heavy atom. The second-order valence-corrected chi connectivity index (χ2v) is 16.6. The Kier molecular flexibility index (Phi) is 11.5. The number of nitroso groups, excluding NO2 is 1. The van der Waals surface area contributed by atoms with Gasteiger partial charge in [-0.2, -0.15) is 0 Å². The summed E-state index contributed by atoms with van der Waals surface area (Å²) in [6.45, 7) is 17.6. The number of aromatic nitrogens is 2. The number of ether oxygens (including phenoxy) is 3. The van der Waals surface area contributed by atoms with Gasteiger partial charge in [0.25, 0.3) is 0 Å². The van der Waals surface area contributed by atoms with E-state index in [4.69, 9.17) is 24.2 Å². The highest BCUT2D eigenvalue weighted by atomic mass is 32.1. The number of anilines is 1. The molecule has 2 fully saturated rings. The van der Waals surface area contributed by atoms with Gasteiger partial charge in [0.1, 0.15) is 51.6 Å². The summed E-state index contributed by atoms with van der Waals surface area (Å²) in [7, 11) is 1.61. The van der Waals surface area contributed by atoms with E-state index in [-0.39, 0.29) is 43.0 Å². The second kappa shape index (κ2) is 16.0. The molecule has 1 saturated heterocycles. The third-order valence-corrected chi connectivity index (χ3v) is 11.4. The van der Waals surface area contributed by atoms with Crippen LogP contribution in [0.25, 0.3) is 21.6 Å². The van der Waals surface area contributed by atoms with Gasteiger partial charge in [0.15, 0.2) is 0 Å². The molecule has 2 aliphatic rings. The largest absolute Gasteiger partial charge is 0.496 e. The SMILES string of the molecule is C=C[C@@H]1C[C@]1(NC(=O)[C@@H]1C[C@@H](Oc2cc(-c3nc(C(C)C)cs3)nc3c(C)c(OC)ccc23)CN1C(=O)[C@@H](Nc1ccccc1N=O)C(C)(C)C)C(=O)OCC. The molecule has 3 heterocycles. The number of thiazole rings is 1. The number of methoxy groups -OCH3 is 1. The number of aryl methyl sites for hydroxylation is 1. The van der Waals surface area contributed by atoms with Crippen LogP contribution in [-0.4, -0.2) is 76.6 Å². The Morgan fingerprint density at radius 3 is 2.52 bits per heavy atom. The van der Waals surface area contributed by atoms with Crippen LogP contribution in [0.5, 0.6) is 11.5 Å². The summed E-state index contributed by atoms with van der Waals surface area (Å²) in [6, 6.07) is 10.4. The fourth-order valence-corrected chi connectivity index (χ4v) is 8.18. The van der Waals surface area contributed by atoms with Crippen LogP contribution in [0, 0.1) is 23.2 Å². The first-order valence-corrected chi connectivity index (χ1v) is 19.8. The van der Waals surface area contributed by atoms with E-state index in [1.165, 1.54) is 16.2 Å². The minimum absolute atomic E-state index is 0.0546. The predicted octanol–water partition coefficient (Wildman–Crippen LogP) is 7.70. The van der Waals surface area contributed by atoms with Crippen LogP contribution in [0.2, 0.25) is 0 Å². The number of likely N-dealkylation sites (tertiary alicyclic amines) is 1. The normalized spacial score (nSPS) is 21.0. The van der Waals surface area contributed by atoms with Crippen molar-refractivity contribution in [3.8, 4) is 22.2 Å². The maximum absolute atomic E-state index is 14.9. The fraction of sp³-hybridized carbons (Fsp3) is 0.452. The van der Waals surface area contributed by atoms with Crippen molar-refractivity contribution >= 4 is 51.4 Å². The lowest BCUT2D eigenvalue weighted by Gasteiger charge is -2.36. The Balaban J connectivity index is 1.39. The molecule has 2 aromatic heterocycles. The van der Waals surface area contributed by atoms with Gasteiger partial charge in [0, 0.05) is 34.7 Å². The third-order valence-electron chi connectivity index (χ3n) is 10.5. The van der Waals surface area contributed by atoms with Gasteiger partial charge >= 0.3 is 5.97 Å². The lowest BCUT2D eigenvalue weighted by atomic mass is 9.85. The van der Waals surface area contributed by atoms with E-state index >= 15 is 0 Å². The first-order valence-electron chi connectivity index (χ1n) is 18.9. The molecule has 0 bridgehead atoms. The molecule has 6 rings (SSSR count). The monoisotopic (exact) mass is 782 g/mol. The third kappa shape index (κ3) is 7.84. The van der Waals surface area contributed by atoms with E-state index in [2.05, 4.69) is 36.2 Å². The number of hydrogen-bond donors (Lipinski definition) is 2. The van der Waals surface area contributed by atoms with Crippen molar-refractivity contribution in [3.05, 3.63) is 76.7 Å². The van der Waals surface area contributed by atoms with E-state index in [0.29, 0.717) is 34.8 Å². The van der Waals surface area contributed by atoms with Crippen molar-refractivity contribution in [3.63, 3.8) is 0 Å². The average molecular weight is 783 g/mol. The van der Waals surface area contributed by atoms with Crippen molar-refractivity contribution in [1.29, 1.82) is 0 Å². The Hall–Kier alpha value is -5.37. The van der Waals surface area contributed by atoms with Gasteiger partial charge in [-0.3, -0.25) is 9.59 Å². The van der Waals surface area contributed by atoms with E-state index in [9.17, 15) is 19.3 Å². The van der Waals surface area contributed by atoms with Crippen LogP contribution in [-0.2, 0) is 19.1 Å². The topological polar surface area (TPSA) is 161 Å². The fourth-order valence-electron chi connectivity index (χ4n) is 7.24. The molecule has 0 unspecified atom stereocenters. The van der Waals surface area contributed by atoms with Crippen LogP contribution in [0.3, 0.4) is 0 Å². The molecule has 56 heavy (non-hydrogen) atoms. The van der Waals surface area contributed by atoms with Crippen LogP contribution >= 0.6 is 11.3 Å². The van der Waals surface area contributed by atoms with E-state index < -0.39 is 41.0 Å². The van der Waals surface area contributed by atoms with Crippen LogP contribution in [0.1, 0.15) is 71.6 Å². The number of carbonyl (C=O) groups excluding carboxylic acids is 3. The van der Waals surface area contributed by atoms with Gasteiger partial charge in [0.05, 0.1) is 37.2 Å². The maximum atomic E-state index is 14.9. The van der Waals surface area contributed by atoms with Crippen LogP contribution < -0.4 is 20.1 Å². The minimum Gasteiger partial charge on any atom is -0.496 e. The molecule has 1 aliphatic heterocycles. The molecule has 5 atom stereocenters. The van der Waals surface area contributed by atoms with Crippen molar-refractivity contribution < 1.29 is 28.6 Å². The molecule has 1 aliphatic carbocycles. The van der Waals surface area contributed by atoms with Gasteiger partial charge in [0.2, 0.25) is 11.8 Å². The molecule has 4 aromatic rings. The van der Waals surface area contributed by atoms with E-state index in [1.807, 2.05) is 51.3 Å². The quantitative estimate of drug-likeness (QED) is 0.0737. The zero-order valence-corrected chi connectivity index (χ0v) is 34.0. The number of hydrogen-bond acceptors (Lipinski definition) is 12. The molecule has 14 heteroatoms. The average Bonchev–Trinajstić information content (AvgIpc) is 3.45. The van der Waals surface area contributed by atoms with Gasteiger partial charge < -0.3 is 29.7 Å². The van der Waals surface area contributed by atoms with Gasteiger partial charge in [-0.15, -0.1) is 22.8 Å². The highest BCUT2D eigenvalue weighted by Crippen LogP contribution is 2.46. The second-order valence-electron chi connectivity index (χ2n) is 15.8. The summed E-state index contributed by atoms with van der Waals surface area (Å²) in [6.07, 6.45) is 1.46.